The molecular weight excluding hydrogens is 284 g/mol. The van der Waals surface area contributed by atoms with Crippen LogP contribution in [0.4, 0.5) is 0 Å². The van der Waals surface area contributed by atoms with Crippen molar-refractivity contribution in [1.82, 2.24) is 14.9 Å². The van der Waals surface area contributed by atoms with E-state index in [0.717, 1.165) is 12.8 Å². The van der Waals surface area contributed by atoms with Crippen molar-refractivity contribution in [2.24, 2.45) is 0 Å². The smallest absolute Gasteiger partial charge is 0.260 e. The van der Waals surface area contributed by atoms with Crippen LogP contribution < -0.4 is 9.47 Å². The Morgan fingerprint density at radius 3 is 3.14 bits per heavy atom. The largest absolute Gasteiger partial charge is 0.619 e. The van der Waals surface area contributed by atoms with E-state index in [-0.39, 0.29) is 12.0 Å². The second-order valence-corrected chi connectivity index (χ2v) is 5.13. The van der Waals surface area contributed by atoms with E-state index in [1.807, 2.05) is 0 Å². The van der Waals surface area contributed by atoms with Gasteiger partial charge in [0.25, 0.3) is 5.91 Å². The van der Waals surface area contributed by atoms with Gasteiger partial charge in [-0.05, 0) is 18.9 Å². The number of hydrogen-bond donors (Lipinski definition) is 0. The quantitative estimate of drug-likeness (QED) is 0.618. The molecule has 2 aromatic heterocycles. The summed E-state index contributed by atoms with van der Waals surface area (Å²) in [4.78, 5) is 22.0. The molecule has 1 atom stereocenters. The van der Waals surface area contributed by atoms with Crippen LogP contribution in [-0.4, -0.2) is 40.0 Å². The van der Waals surface area contributed by atoms with E-state index in [4.69, 9.17) is 4.74 Å². The van der Waals surface area contributed by atoms with E-state index in [0.29, 0.717) is 29.3 Å². The van der Waals surface area contributed by atoms with Gasteiger partial charge in [0.15, 0.2) is 12.4 Å². The second kappa shape index (κ2) is 6.38. The predicted molar refractivity (Wildman–Crippen MR) is 77.0 cm³/mol. The molecule has 3 rings (SSSR count). The summed E-state index contributed by atoms with van der Waals surface area (Å²) in [6.45, 7) is 1.15. The number of carbonyl (C=O) groups excluding carboxylic acids is 1. The molecule has 114 valence electrons. The van der Waals surface area contributed by atoms with Gasteiger partial charge in [0.2, 0.25) is 5.88 Å². The summed E-state index contributed by atoms with van der Waals surface area (Å²) >= 11 is 0. The van der Waals surface area contributed by atoms with Gasteiger partial charge in [-0.1, -0.05) is 0 Å². The number of amides is 1. The highest BCUT2D eigenvalue weighted by molar-refractivity contribution is 5.93. The number of pyridine rings is 1. The molecule has 0 aliphatic carbocycles. The van der Waals surface area contributed by atoms with Crippen LogP contribution in [0, 0.1) is 5.21 Å². The third-order valence-corrected chi connectivity index (χ3v) is 3.53. The Kier molecular flexibility index (Phi) is 4.13. The van der Waals surface area contributed by atoms with Crippen LogP contribution in [0.2, 0.25) is 0 Å². The summed E-state index contributed by atoms with van der Waals surface area (Å²) in [6.07, 6.45) is 7.31. The molecule has 0 spiro atoms. The highest BCUT2D eigenvalue weighted by atomic mass is 16.5. The molecule has 1 amide bonds. The second-order valence-electron chi connectivity index (χ2n) is 5.13. The van der Waals surface area contributed by atoms with Crippen LogP contribution in [0.1, 0.15) is 23.2 Å². The molecular formula is C15H16N4O3. The molecule has 1 fully saturated rings. The van der Waals surface area contributed by atoms with Crippen LogP contribution in [0.15, 0.2) is 43.1 Å². The number of likely N-dealkylation sites (tertiary alicyclic amines) is 1. The number of nitrogens with zero attached hydrogens (tertiary/aromatic N) is 4. The average Bonchev–Trinajstić information content (AvgIpc) is 2.55. The number of hydrogen-bond acceptors (Lipinski definition) is 5. The third kappa shape index (κ3) is 3.30. The Morgan fingerprint density at radius 1 is 1.45 bits per heavy atom. The number of rotatable bonds is 3. The minimum absolute atomic E-state index is 0.101. The molecule has 0 radical (unpaired) electrons. The maximum atomic E-state index is 12.4. The third-order valence-electron chi connectivity index (χ3n) is 3.53. The van der Waals surface area contributed by atoms with Crippen LogP contribution in [0.3, 0.4) is 0 Å². The number of carbonyl (C=O) groups is 1. The van der Waals surface area contributed by atoms with E-state index < -0.39 is 0 Å². The van der Waals surface area contributed by atoms with Gasteiger partial charge in [0, 0.05) is 24.9 Å². The molecule has 3 heterocycles. The first-order chi connectivity index (χ1) is 10.7. The Labute approximate surface area is 127 Å². The van der Waals surface area contributed by atoms with E-state index >= 15 is 0 Å². The fourth-order valence-electron chi connectivity index (χ4n) is 2.50. The minimum Gasteiger partial charge on any atom is -0.619 e. The summed E-state index contributed by atoms with van der Waals surface area (Å²) in [5, 5.41) is 11.3. The molecule has 7 nitrogen and oxygen atoms in total. The Bertz CT molecular complexity index is 650. The van der Waals surface area contributed by atoms with Gasteiger partial charge in [-0.3, -0.25) is 4.79 Å². The molecule has 2 aromatic rings. The Balaban J connectivity index is 1.66. The van der Waals surface area contributed by atoms with Crippen molar-refractivity contribution < 1.29 is 14.3 Å². The lowest BCUT2D eigenvalue weighted by Crippen LogP contribution is -2.45. The fraction of sp³-hybridized carbons (Fsp3) is 0.333. The minimum atomic E-state index is -0.152. The van der Waals surface area contributed by atoms with Crippen molar-refractivity contribution in [2.75, 3.05) is 13.1 Å². The van der Waals surface area contributed by atoms with Gasteiger partial charge >= 0.3 is 0 Å². The first kappa shape index (κ1) is 14.2. The molecule has 1 aliphatic rings. The first-order valence-corrected chi connectivity index (χ1v) is 7.13. The van der Waals surface area contributed by atoms with Gasteiger partial charge in [0.1, 0.15) is 18.0 Å². The summed E-state index contributed by atoms with van der Waals surface area (Å²) in [6, 6.07) is 4.91. The zero-order valence-corrected chi connectivity index (χ0v) is 12.0. The normalized spacial score (nSPS) is 18.0. The van der Waals surface area contributed by atoms with Crippen LogP contribution in [0.25, 0.3) is 0 Å². The highest BCUT2D eigenvalue weighted by Gasteiger charge is 2.26. The number of aromatic nitrogens is 3. The van der Waals surface area contributed by atoms with Crippen molar-refractivity contribution >= 4 is 5.91 Å². The van der Waals surface area contributed by atoms with Crippen LogP contribution in [-0.2, 0) is 0 Å². The SMILES string of the molecule is O=C(c1ccc[n+]([O-])c1)N1CCCC(Oc2ccncn2)C1. The van der Waals surface area contributed by atoms with E-state index in [9.17, 15) is 10.0 Å². The Morgan fingerprint density at radius 2 is 2.36 bits per heavy atom. The molecule has 1 saturated heterocycles. The van der Waals surface area contributed by atoms with Gasteiger partial charge < -0.3 is 14.8 Å². The molecule has 0 N–H and O–H groups in total. The molecule has 1 aliphatic heterocycles. The van der Waals surface area contributed by atoms with Gasteiger partial charge in [-0.15, -0.1) is 0 Å². The summed E-state index contributed by atoms with van der Waals surface area (Å²) < 4.78 is 6.41. The molecule has 0 aromatic carbocycles. The molecule has 1 unspecified atom stereocenters. The lowest BCUT2D eigenvalue weighted by molar-refractivity contribution is -0.605. The lowest BCUT2D eigenvalue weighted by Gasteiger charge is -2.32. The van der Waals surface area contributed by atoms with Gasteiger partial charge in [0.05, 0.1) is 6.54 Å². The standard InChI is InChI=1S/C15H16N4O3/c20-15(12-3-1-8-19(21)9-12)18-7-2-4-13(10-18)22-14-5-6-16-11-17-14/h1,3,5-6,8-9,11,13H,2,4,7,10H2. The Hall–Kier alpha value is -2.70. The zero-order valence-electron chi connectivity index (χ0n) is 12.0. The molecule has 0 bridgehead atoms. The van der Waals surface area contributed by atoms with E-state index in [1.54, 1.807) is 29.3 Å². The maximum absolute atomic E-state index is 12.4. The van der Waals surface area contributed by atoms with Crippen LogP contribution >= 0.6 is 0 Å². The first-order valence-electron chi connectivity index (χ1n) is 7.13. The lowest BCUT2D eigenvalue weighted by atomic mass is 10.1. The monoisotopic (exact) mass is 300 g/mol. The molecule has 7 heteroatoms. The zero-order chi connectivity index (χ0) is 15.4. The van der Waals surface area contributed by atoms with Crippen molar-refractivity contribution in [3.05, 3.63) is 53.9 Å². The van der Waals surface area contributed by atoms with Crippen molar-refractivity contribution in [3.63, 3.8) is 0 Å². The van der Waals surface area contributed by atoms with Crippen molar-refractivity contribution in [1.29, 1.82) is 0 Å². The maximum Gasteiger partial charge on any atom is 0.260 e. The average molecular weight is 300 g/mol. The molecule has 0 saturated carbocycles. The summed E-state index contributed by atoms with van der Waals surface area (Å²) in [5.74, 6) is 0.354. The van der Waals surface area contributed by atoms with Crippen molar-refractivity contribution in [3.8, 4) is 5.88 Å². The van der Waals surface area contributed by atoms with Crippen LogP contribution in [0.5, 0.6) is 5.88 Å². The highest BCUT2D eigenvalue weighted by Crippen LogP contribution is 2.17. The topological polar surface area (TPSA) is 82.3 Å². The summed E-state index contributed by atoms with van der Waals surface area (Å²) in [5.41, 5.74) is 0.389. The van der Waals surface area contributed by atoms with Gasteiger partial charge in [-0.25, -0.2) is 9.97 Å². The van der Waals surface area contributed by atoms with E-state index in [1.165, 1.54) is 18.7 Å². The van der Waals surface area contributed by atoms with Gasteiger partial charge in [-0.2, -0.15) is 4.73 Å². The van der Waals surface area contributed by atoms with Crippen molar-refractivity contribution in [2.45, 2.75) is 18.9 Å². The summed E-state index contributed by atoms with van der Waals surface area (Å²) in [7, 11) is 0. The molecule has 22 heavy (non-hydrogen) atoms. The predicted octanol–water partition coefficient (Wildman–Crippen LogP) is 0.794. The number of ether oxygens (including phenoxy) is 1. The fourth-order valence-corrected chi connectivity index (χ4v) is 2.50. The number of piperidine rings is 1. The van der Waals surface area contributed by atoms with E-state index in [2.05, 4.69) is 9.97 Å².